The fraction of sp³-hybridized carbons (Fsp3) is 0.273. The molecule has 2 aliphatic rings. The van der Waals surface area contributed by atoms with E-state index in [1.165, 1.54) is 5.69 Å². The SMILES string of the molecule is Cc1cc(-n2cccc2[C@@H]2[C@H](c3ccccn3)N=C3S[C@@H](C)CN32)ccc1Cl. The van der Waals surface area contributed by atoms with Crippen LogP contribution in [-0.4, -0.2) is 31.4 Å². The van der Waals surface area contributed by atoms with Gasteiger partial charge in [-0.15, -0.1) is 0 Å². The fourth-order valence-corrected chi connectivity index (χ4v) is 5.30. The molecule has 1 aromatic carbocycles. The summed E-state index contributed by atoms with van der Waals surface area (Å²) in [5.74, 6) is 0. The Morgan fingerprint density at radius 3 is 2.82 bits per heavy atom. The Bertz CT molecular complexity index is 1050. The zero-order valence-corrected chi connectivity index (χ0v) is 17.4. The lowest BCUT2D eigenvalue weighted by atomic mass is 10.0. The van der Waals surface area contributed by atoms with Gasteiger partial charge in [-0.1, -0.05) is 36.4 Å². The molecule has 2 aromatic heterocycles. The summed E-state index contributed by atoms with van der Waals surface area (Å²) in [6.07, 6.45) is 3.98. The Labute approximate surface area is 174 Å². The maximum absolute atomic E-state index is 6.25. The van der Waals surface area contributed by atoms with Gasteiger partial charge in [-0.3, -0.25) is 9.98 Å². The third kappa shape index (κ3) is 2.93. The number of nitrogens with zero attached hydrogens (tertiary/aromatic N) is 4. The largest absolute Gasteiger partial charge is 0.339 e. The Hall–Kier alpha value is -2.24. The summed E-state index contributed by atoms with van der Waals surface area (Å²) < 4.78 is 2.26. The van der Waals surface area contributed by atoms with E-state index in [1.807, 2.05) is 43.1 Å². The summed E-state index contributed by atoms with van der Waals surface area (Å²) in [5, 5.41) is 2.47. The van der Waals surface area contributed by atoms with E-state index in [1.54, 1.807) is 0 Å². The van der Waals surface area contributed by atoms with Gasteiger partial charge in [0.2, 0.25) is 0 Å². The standard InChI is InChI=1S/C22H21ClN4S/c1-14-12-16(8-9-17(14)23)26-11-5-7-19(26)21-20(18-6-3-4-10-24-18)25-22-27(21)13-15(2)28-22/h3-12,15,20-21H,13H2,1-2H3/t15-,20-,21+/m0/s1. The summed E-state index contributed by atoms with van der Waals surface area (Å²) in [6, 6.07) is 16.7. The summed E-state index contributed by atoms with van der Waals surface area (Å²) in [6.45, 7) is 5.31. The minimum absolute atomic E-state index is 0.00162. The summed E-state index contributed by atoms with van der Waals surface area (Å²) >= 11 is 8.12. The zero-order valence-electron chi connectivity index (χ0n) is 15.8. The van der Waals surface area contributed by atoms with Gasteiger partial charge in [0.25, 0.3) is 0 Å². The fourth-order valence-electron chi connectivity index (χ4n) is 4.09. The summed E-state index contributed by atoms with van der Waals surface area (Å²) in [7, 11) is 0. The van der Waals surface area contributed by atoms with Crippen molar-refractivity contribution in [2.75, 3.05) is 6.54 Å². The number of halogens is 1. The first kappa shape index (κ1) is 17.8. The van der Waals surface area contributed by atoms with Crippen molar-refractivity contribution in [3.05, 3.63) is 82.9 Å². The quantitative estimate of drug-likeness (QED) is 0.579. The average molecular weight is 409 g/mol. The Kier molecular flexibility index (Phi) is 4.44. The van der Waals surface area contributed by atoms with Crippen LogP contribution in [0.1, 0.15) is 36.0 Å². The van der Waals surface area contributed by atoms with E-state index in [2.05, 4.69) is 57.9 Å². The third-order valence-electron chi connectivity index (χ3n) is 5.38. The molecule has 4 heterocycles. The van der Waals surface area contributed by atoms with Gasteiger partial charge >= 0.3 is 0 Å². The Morgan fingerprint density at radius 2 is 2.04 bits per heavy atom. The molecule has 1 saturated heterocycles. The van der Waals surface area contributed by atoms with Crippen molar-refractivity contribution in [1.29, 1.82) is 0 Å². The van der Waals surface area contributed by atoms with E-state index in [0.29, 0.717) is 5.25 Å². The molecule has 0 aliphatic carbocycles. The first-order valence-corrected chi connectivity index (χ1v) is 10.7. The molecule has 2 aliphatic heterocycles. The molecule has 0 N–H and O–H groups in total. The zero-order chi connectivity index (χ0) is 19.3. The van der Waals surface area contributed by atoms with E-state index in [9.17, 15) is 0 Å². The second kappa shape index (κ2) is 6.98. The minimum atomic E-state index is -0.00162. The van der Waals surface area contributed by atoms with Crippen LogP contribution in [0.25, 0.3) is 5.69 Å². The van der Waals surface area contributed by atoms with Crippen LogP contribution >= 0.6 is 23.4 Å². The van der Waals surface area contributed by atoms with E-state index in [-0.39, 0.29) is 12.1 Å². The van der Waals surface area contributed by atoms with Crippen molar-refractivity contribution in [3.63, 3.8) is 0 Å². The van der Waals surface area contributed by atoms with Crippen molar-refractivity contribution >= 4 is 28.5 Å². The van der Waals surface area contributed by atoms with Crippen LogP contribution in [0.5, 0.6) is 0 Å². The first-order chi connectivity index (χ1) is 13.6. The van der Waals surface area contributed by atoms with Gasteiger partial charge in [0, 0.05) is 40.6 Å². The lowest BCUT2D eigenvalue weighted by Gasteiger charge is -2.28. The highest BCUT2D eigenvalue weighted by atomic mass is 35.5. The Morgan fingerprint density at radius 1 is 1.14 bits per heavy atom. The number of aliphatic imine (C=N–C) groups is 1. The number of hydrogen-bond donors (Lipinski definition) is 0. The molecule has 0 unspecified atom stereocenters. The Balaban J connectivity index is 1.61. The molecule has 4 nitrogen and oxygen atoms in total. The molecule has 6 heteroatoms. The maximum atomic E-state index is 6.25. The van der Waals surface area contributed by atoms with E-state index in [0.717, 1.165) is 33.7 Å². The van der Waals surface area contributed by atoms with Crippen LogP contribution in [0.4, 0.5) is 0 Å². The van der Waals surface area contributed by atoms with Crippen LogP contribution in [0, 0.1) is 6.92 Å². The number of benzene rings is 1. The molecule has 0 saturated carbocycles. The number of aromatic nitrogens is 2. The molecular formula is C22H21ClN4S. The average Bonchev–Trinajstić information content (AvgIpc) is 3.38. The van der Waals surface area contributed by atoms with E-state index < -0.39 is 0 Å². The lowest BCUT2D eigenvalue weighted by molar-refractivity contribution is 0.312. The number of amidine groups is 1. The van der Waals surface area contributed by atoms with Crippen molar-refractivity contribution < 1.29 is 0 Å². The van der Waals surface area contributed by atoms with Crippen LogP contribution < -0.4 is 0 Å². The van der Waals surface area contributed by atoms with Crippen LogP contribution in [0.3, 0.4) is 0 Å². The van der Waals surface area contributed by atoms with Gasteiger partial charge in [-0.05, 0) is 55.0 Å². The summed E-state index contributed by atoms with van der Waals surface area (Å²) in [5.41, 5.74) is 4.44. The van der Waals surface area contributed by atoms with Gasteiger partial charge in [0.15, 0.2) is 5.17 Å². The van der Waals surface area contributed by atoms with E-state index >= 15 is 0 Å². The summed E-state index contributed by atoms with van der Waals surface area (Å²) in [4.78, 5) is 12.2. The number of rotatable bonds is 3. The van der Waals surface area contributed by atoms with Gasteiger partial charge in [-0.2, -0.15) is 0 Å². The molecule has 0 spiro atoms. The lowest BCUT2D eigenvalue weighted by Crippen LogP contribution is -2.30. The van der Waals surface area contributed by atoms with Crippen molar-refractivity contribution in [2.24, 2.45) is 4.99 Å². The van der Waals surface area contributed by atoms with Crippen LogP contribution in [-0.2, 0) is 0 Å². The molecule has 0 bridgehead atoms. The number of pyridine rings is 1. The highest BCUT2D eigenvalue weighted by Gasteiger charge is 2.44. The monoisotopic (exact) mass is 408 g/mol. The smallest absolute Gasteiger partial charge is 0.160 e. The molecule has 28 heavy (non-hydrogen) atoms. The maximum Gasteiger partial charge on any atom is 0.160 e. The normalized spacial score (nSPS) is 23.8. The topological polar surface area (TPSA) is 33.4 Å². The highest BCUT2D eigenvalue weighted by molar-refractivity contribution is 8.14. The van der Waals surface area contributed by atoms with Gasteiger partial charge in [0.05, 0.1) is 11.7 Å². The van der Waals surface area contributed by atoms with Crippen LogP contribution in [0.2, 0.25) is 5.02 Å². The predicted octanol–water partition coefficient (Wildman–Crippen LogP) is 5.42. The van der Waals surface area contributed by atoms with Crippen LogP contribution in [0.15, 0.2) is 65.9 Å². The molecule has 1 fully saturated rings. The molecular weight excluding hydrogens is 388 g/mol. The van der Waals surface area contributed by atoms with Gasteiger partial charge < -0.3 is 9.47 Å². The molecule has 5 rings (SSSR count). The minimum Gasteiger partial charge on any atom is -0.339 e. The van der Waals surface area contributed by atoms with Crippen molar-refractivity contribution in [2.45, 2.75) is 31.2 Å². The molecule has 3 aromatic rings. The first-order valence-electron chi connectivity index (χ1n) is 9.47. The van der Waals surface area contributed by atoms with Gasteiger partial charge in [0.1, 0.15) is 6.04 Å². The van der Waals surface area contributed by atoms with Crippen molar-refractivity contribution in [1.82, 2.24) is 14.5 Å². The second-order valence-corrected chi connectivity index (χ2v) is 9.19. The van der Waals surface area contributed by atoms with Crippen molar-refractivity contribution in [3.8, 4) is 5.69 Å². The number of thioether (sulfide) groups is 1. The second-order valence-electron chi connectivity index (χ2n) is 7.37. The van der Waals surface area contributed by atoms with E-state index in [4.69, 9.17) is 16.6 Å². The molecule has 3 atom stereocenters. The number of fused-ring (bicyclic) bond motifs is 1. The molecule has 142 valence electrons. The molecule has 0 amide bonds. The number of aryl methyl sites for hydroxylation is 1. The third-order valence-corrected chi connectivity index (χ3v) is 6.91. The predicted molar refractivity (Wildman–Crippen MR) is 116 cm³/mol. The number of hydrogen-bond acceptors (Lipinski definition) is 4. The van der Waals surface area contributed by atoms with Gasteiger partial charge in [-0.25, -0.2) is 0 Å². The molecule has 0 radical (unpaired) electrons. The highest BCUT2D eigenvalue weighted by Crippen LogP contribution is 2.47.